The van der Waals surface area contributed by atoms with E-state index in [1.165, 1.54) is 24.3 Å². The fraction of sp³-hybridized carbons (Fsp3) is 0.250. The number of rotatable bonds is 4. The molecule has 0 aliphatic heterocycles. The molecule has 0 saturated heterocycles. The van der Waals surface area contributed by atoms with Crippen LogP contribution in [0.15, 0.2) is 42.5 Å². The van der Waals surface area contributed by atoms with Gasteiger partial charge in [0.05, 0.1) is 12.5 Å². The van der Waals surface area contributed by atoms with E-state index >= 15 is 0 Å². The van der Waals surface area contributed by atoms with E-state index in [1.807, 2.05) is 12.1 Å². The lowest BCUT2D eigenvalue weighted by Gasteiger charge is -2.13. The lowest BCUT2D eigenvalue weighted by atomic mass is 10.00. The molecule has 1 atom stereocenters. The highest BCUT2D eigenvalue weighted by Gasteiger charge is 2.13. The summed E-state index contributed by atoms with van der Waals surface area (Å²) in [5, 5.41) is -0.199. The number of hydrogen-bond acceptors (Lipinski definition) is 1. The van der Waals surface area contributed by atoms with Crippen molar-refractivity contribution in [2.75, 3.05) is 7.11 Å². The van der Waals surface area contributed by atoms with Gasteiger partial charge in [0, 0.05) is 0 Å². The first-order valence-electron chi connectivity index (χ1n) is 6.14. The van der Waals surface area contributed by atoms with E-state index in [2.05, 4.69) is 19.1 Å². The highest BCUT2D eigenvalue weighted by molar-refractivity contribution is 6.21. The summed E-state index contributed by atoms with van der Waals surface area (Å²) < 4.78 is 18.3. The Morgan fingerprint density at radius 2 is 1.95 bits per heavy atom. The Kier molecular flexibility index (Phi) is 4.43. The number of halogens is 2. The molecule has 2 aromatic carbocycles. The predicted octanol–water partition coefficient (Wildman–Crippen LogP) is 4.67. The molecule has 19 heavy (non-hydrogen) atoms. The van der Waals surface area contributed by atoms with Crippen molar-refractivity contribution < 1.29 is 9.13 Å². The fourth-order valence-electron chi connectivity index (χ4n) is 2.02. The molecular weight excluding hydrogens is 263 g/mol. The zero-order valence-electron chi connectivity index (χ0n) is 11.0. The zero-order chi connectivity index (χ0) is 13.8. The molecule has 0 spiro atoms. The molecule has 1 unspecified atom stereocenters. The van der Waals surface area contributed by atoms with Crippen molar-refractivity contribution in [1.29, 1.82) is 0 Å². The van der Waals surface area contributed by atoms with Crippen LogP contribution in [0.25, 0.3) is 0 Å². The summed E-state index contributed by atoms with van der Waals surface area (Å²) in [6, 6.07) is 12.9. The van der Waals surface area contributed by atoms with Crippen LogP contribution in [-0.2, 0) is 6.42 Å². The van der Waals surface area contributed by atoms with Gasteiger partial charge in [-0.25, -0.2) is 4.39 Å². The second kappa shape index (κ2) is 6.07. The third kappa shape index (κ3) is 3.27. The molecule has 0 amide bonds. The van der Waals surface area contributed by atoms with Gasteiger partial charge in [0.2, 0.25) is 0 Å². The maximum Gasteiger partial charge on any atom is 0.165 e. The quantitative estimate of drug-likeness (QED) is 0.739. The Balaban J connectivity index is 2.20. The van der Waals surface area contributed by atoms with Gasteiger partial charge in [0.25, 0.3) is 0 Å². The monoisotopic (exact) mass is 278 g/mol. The minimum Gasteiger partial charge on any atom is -0.494 e. The molecule has 0 radical (unpaired) electrons. The molecule has 0 heterocycles. The van der Waals surface area contributed by atoms with Crippen LogP contribution in [0, 0.1) is 12.7 Å². The first-order chi connectivity index (χ1) is 9.11. The lowest BCUT2D eigenvalue weighted by Crippen LogP contribution is -1.99. The van der Waals surface area contributed by atoms with Crippen molar-refractivity contribution in [3.63, 3.8) is 0 Å². The van der Waals surface area contributed by atoms with E-state index < -0.39 is 0 Å². The fourth-order valence-corrected chi connectivity index (χ4v) is 2.32. The summed E-state index contributed by atoms with van der Waals surface area (Å²) in [6.07, 6.45) is 0.711. The van der Waals surface area contributed by atoms with E-state index in [4.69, 9.17) is 16.3 Å². The van der Waals surface area contributed by atoms with Crippen LogP contribution in [0.1, 0.15) is 22.1 Å². The largest absolute Gasteiger partial charge is 0.494 e. The van der Waals surface area contributed by atoms with Gasteiger partial charge < -0.3 is 4.74 Å². The first-order valence-corrected chi connectivity index (χ1v) is 6.57. The first kappa shape index (κ1) is 13.9. The summed E-state index contributed by atoms with van der Waals surface area (Å²) in [5.41, 5.74) is 3.27. The summed E-state index contributed by atoms with van der Waals surface area (Å²) in [4.78, 5) is 0. The van der Waals surface area contributed by atoms with Gasteiger partial charge in [-0.1, -0.05) is 30.3 Å². The Hall–Kier alpha value is -1.54. The van der Waals surface area contributed by atoms with Crippen LogP contribution in [0.3, 0.4) is 0 Å². The summed E-state index contributed by atoms with van der Waals surface area (Å²) in [6.45, 7) is 2.06. The number of hydrogen-bond donors (Lipinski definition) is 0. The Bertz CT molecular complexity index is 568. The van der Waals surface area contributed by atoms with Gasteiger partial charge in [-0.2, -0.15) is 0 Å². The maximum atomic E-state index is 13.4. The summed E-state index contributed by atoms with van der Waals surface area (Å²) >= 11 is 6.42. The average Bonchev–Trinajstić information content (AvgIpc) is 2.42. The smallest absolute Gasteiger partial charge is 0.165 e. The van der Waals surface area contributed by atoms with E-state index in [-0.39, 0.29) is 16.9 Å². The van der Waals surface area contributed by atoms with Gasteiger partial charge in [0.15, 0.2) is 11.6 Å². The summed E-state index contributed by atoms with van der Waals surface area (Å²) in [7, 11) is 1.45. The van der Waals surface area contributed by atoms with Crippen LogP contribution in [0.2, 0.25) is 0 Å². The Morgan fingerprint density at radius 1 is 1.21 bits per heavy atom. The molecule has 0 N–H and O–H groups in total. The lowest BCUT2D eigenvalue weighted by molar-refractivity contribution is 0.386. The standard InChI is InChI=1S/C16H16ClFO/c1-11-5-3-4-6-12(11)9-14(17)13-7-8-15(18)16(10-13)19-2/h3-8,10,14H,9H2,1-2H3. The van der Waals surface area contributed by atoms with Crippen molar-refractivity contribution in [3.8, 4) is 5.75 Å². The Morgan fingerprint density at radius 3 is 2.63 bits per heavy atom. The number of aryl methyl sites for hydroxylation is 1. The van der Waals surface area contributed by atoms with Crippen molar-refractivity contribution in [2.45, 2.75) is 18.7 Å². The van der Waals surface area contributed by atoms with Gasteiger partial charge in [-0.05, 0) is 42.2 Å². The molecule has 2 rings (SSSR count). The average molecular weight is 279 g/mol. The molecule has 0 fully saturated rings. The third-order valence-electron chi connectivity index (χ3n) is 3.20. The highest BCUT2D eigenvalue weighted by Crippen LogP contribution is 2.29. The minimum absolute atomic E-state index is 0.199. The van der Waals surface area contributed by atoms with Crippen LogP contribution < -0.4 is 4.74 Å². The molecule has 0 bridgehead atoms. The normalized spacial score (nSPS) is 12.2. The van der Waals surface area contributed by atoms with E-state index in [0.29, 0.717) is 6.42 Å². The van der Waals surface area contributed by atoms with Crippen LogP contribution in [0.5, 0.6) is 5.75 Å². The summed E-state index contributed by atoms with van der Waals surface area (Å²) in [5.74, 6) is -0.140. The molecular formula is C16H16ClFO. The SMILES string of the molecule is COc1cc(C(Cl)Cc2ccccc2C)ccc1F. The molecule has 3 heteroatoms. The maximum absolute atomic E-state index is 13.4. The van der Waals surface area contributed by atoms with E-state index in [0.717, 1.165) is 5.56 Å². The second-order valence-electron chi connectivity index (χ2n) is 4.49. The van der Waals surface area contributed by atoms with Gasteiger partial charge in [-0.15, -0.1) is 11.6 Å². The molecule has 0 aliphatic carbocycles. The number of alkyl halides is 1. The van der Waals surface area contributed by atoms with Crippen molar-refractivity contribution in [1.82, 2.24) is 0 Å². The molecule has 2 aromatic rings. The van der Waals surface area contributed by atoms with E-state index in [9.17, 15) is 4.39 Å². The Labute approximate surface area is 118 Å². The third-order valence-corrected chi connectivity index (χ3v) is 3.60. The molecule has 0 aromatic heterocycles. The van der Waals surface area contributed by atoms with Gasteiger partial charge >= 0.3 is 0 Å². The molecule has 0 aliphatic rings. The van der Waals surface area contributed by atoms with Crippen molar-refractivity contribution in [2.24, 2.45) is 0 Å². The molecule has 1 nitrogen and oxygen atoms in total. The van der Waals surface area contributed by atoms with E-state index in [1.54, 1.807) is 12.1 Å². The number of benzene rings is 2. The van der Waals surface area contributed by atoms with Crippen molar-refractivity contribution >= 4 is 11.6 Å². The van der Waals surface area contributed by atoms with Crippen LogP contribution >= 0.6 is 11.6 Å². The van der Waals surface area contributed by atoms with Crippen molar-refractivity contribution in [3.05, 3.63) is 65.0 Å². The molecule has 0 saturated carbocycles. The van der Waals surface area contributed by atoms with Crippen LogP contribution in [0.4, 0.5) is 4.39 Å². The topological polar surface area (TPSA) is 9.23 Å². The van der Waals surface area contributed by atoms with Crippen LogP contribution in [-0.4, -0.2) is 7.11 Å². The van der Waals surface area contributed by atoms with Gasteiger partial charge in [-0.3, -0.25) is 0 Å². The predicted molar refractivity (Wildman–Crippen MR) is 76.4 cm³/mol. The molecule has 100 valence electrons. The zero-order valence-corrected chi connectivity index (χ0v) is 11.7. The number of methoxy groups -OCH3 is 1. The second-order valence-corrected chi connectivity index (χ2v) is 5.02. The number of ether oxygens (including phenoxy) is 1. The van der Waals surface area contributed by atoms with Gasteiger partial charge in [0.1, 0.15) is 0 Å². The highest BCUT2D eigenvalue weighted by atomic mass is 35.5. The minimum atomic E-state index is -0.369.